The second kappa shape index (κ2) is 4.43. The third-order valence-electron chi connectivity index (χ3n) is 4.96. The summed E-state index contributed by atoms with van der Waals surface area (Å²) in [5, 5.41) is 0. The van der Waals surface area contributed by atoms with Crippen molar-refractivity contribution < 1.29 is 9.53 Å². The minimum atomic E-state index is 0.0918. The maximum absolute atomic E-state index is 12.9. The molecular formula is C18H14BrNO2. The summed E-state index contributed by atoms with van der Waals surface area (Å²) in [6.07, 6.45) is 1.60. The number of carbonyl (C=O) groups excluding carboxylic acids is 1. The van der Waals surface area contributed by atoms with Crippen molar-refractivity contribution in [1.82, 2.24) is 0 Å². The van der Waals surface area contributed by atoms with E-state index in [4.69, 9.17) is 4.74 Å². The number of fused-ring (bicyclic) bond motifs is 2. The smallest absolute Gasteiger partial charge is 0.258 e. The van der Waals surface area contributed by atoms with Crippen LogP contribution in [0.4, 0.5) is 5.69 Å². The monoisotopic (exact) mass is 355 g/mol. The summed E-state index contributed by atoms with van der Waals surface area (Å²) < 4.78 is 6.90. The zero-order valence-corrected chi connectivity index (χ0v) is 13.4. The predicted octanol–water partition coefficient (Wildman–Crippen LogP) is 4.04. The number of ether oxygens (including phenoxy) is 1. The molecule has 2 aliphatic heterocycles. The van der Waals surface area contributed by atoms with Crippen LogP contribution in [0, 0.1) is 0 Å². The summed E-state index contributed by atoms with van der Waals surface area (Å²) in [6, 6.07) is 13.6. The molecule has 0 saturated carbocycles. The van der Waals surface area contributed by atoms with Crippen LogP contribution in [-0.2, 0) is 4.74 Å². The molecule has 22 heavy (non-hydrogen) atoms. The van der Waals surface area contributed by atoms with E-state index in [9.17, 15) is 4.79 Å². The van der Waals surface area contributed by atoms with Gasteiger partial charge in [-0.3, -0.25) is 4.79 Å². The molecule has 2 aromatic rings. The Morgan fingerprint density at radius 3 is 2.77 bits per heavy atom. The first-order valence-corrected chi connectivity index (χ1v) is 8.38. The fourth-order valence-corrected chi connectivity index (χ4v) is 4.51. The van der Waals surface area contributed by atoms with E-state index in [0.29, 0.717) is 12.0 Å². The molecule has 4 heteroatoms. The zero-order valence-electron chi connectivity index (χ0n) is 11.8. The van der Waals surface area contributed by atoms with Crippen LogP contribution in [0.2, 0.25) is 0 Å². The Morgan fingerprint density at radius 2 is 1.95 bits per heavy atom. The van der Waals surface area contributed by atoms with E-state index in [-0.39, 0.29) is 12.0 Å². The third-order valence-corrected chi connectivity index (χ3v) is 5.65. The summed E-state index contributed by atoms with van der Waals surface area (Å²) >= 11 is 3.66. The molecule has 1 saturated heterocycles. The van der Waals surface area contributed by atoms with Crippen molar-refractivity contribution in [2.45, 2.75) is 24.5 Å². The molecule has 3 nitrogen and oxygen atoms in total. The number of epoxide rings is 1. The van der Waals surface area contributed by atoms with Crippen molar-refractivity contribution in [3.05, 3.63) is 63.6 Å². The molecule has 3 atom stereocenters. The highest BCUT2D eigenvalue weighted by atomic mass is 79.9. The first-order valence-electron chi connectivity index (χ1n) is 7.58. The molecule has 3 aliphatic rings. The van der Waals surface area contributed by atoms with Crippen LogP contribution >= 0.6 is 15.9 Å². The lowest BCUT2D eigenvalue weighted by Crippen LogP contribution is -2.30. The van der Waals surface area contributed by atoms with Gasteiger partial charge in [0.2, 0.25) is 0 Å². The van der Waals surface area contributed by atoms with E-state index in [1.807, 2.05) is 41.3 Å². The van der Waals surface area contributed by atoms with Crippen LogP contribution in [0.25, 0.3) is 0 Å². The maximum atomic E-state index is 12.9. The van der Waals surface area contributed by atoms with Crippen molar-refractivity contribution in [2.75, 3.05) is 11.4 Å². The first-order chi connectivity index (χ1) is 10.7. The summed E-state index contributed by atoms with van der Waals surface area (Å²) in [6.45, 7) is 0.763. The first kappa shape index (κ1) is 12.9. The van der Waals surface area contributed by atoms with Gasteiger partial charge >= 0.3 is 0 Å². The Labute approximate surface area is 137 Å². The normalized spacial score (nSPS) is 27.3. The average Bonchev–Trinajstić information content (AvgIpc) is 3.23. The molecule has 2 heterocycles. The number of benzene rings is 2. The average molecular weight is 356 g/mol. The minimum absolute atomic E-state index is 0.0918. The number of carbonyl (C=O) groups is 1. The van der Waals surface area contributed by atoms with Crippen LogP contribution in [0.5, 0.6) is 0 Å². The van der Waals surface area contributed by atoms with Crippen LogP contribution in [0.15, 0.2) is 46.9 Å². The lowest BCUT2D eigenvalue weighted by Gasteiger charge is -2.18. The van der Waals surface area contributed by atoms with Crippen molar-refractivity contribution in [3.63, 3.8) is 0 Å². The Balaban J connectivity index is 1.62. The van der Waals surface area contributed by atoms with Crippen molar-refractivity contribution >= 4 is 27.5 Å². The molecule has 0 bridgehead atoms. The second-order valence-electron chi connectivity index (χ2n) is 6.20. The standard InChI is InChI=1S/C18H14BrNO2/c19-12-6-7-13-15-11(8-14-17(22-14)16(12)15)9-20(13)18(21)10-4-2-1-3-5-10/h1-7,11,14,17H,8-9H2. The van der Waals surface area contributed by atoms with E-state index in [1.165, 1.54) is 11.1 Å². The van der Waals surface area contributed by atoms with Crippen LogP contribution in [0.1, 0.15) is 39.9 Å². The number of amides is 1. The van der Waals surface area contributed by atoms with Gasteiger partial charge in [0, 0.05) is 33.7 Å². The predicted molar refractivity (Wildman–Crippen MR) is 87.2 cm³/mol. The number of nitrogens with zero attached hydrogens (tertiary/aromatic N) is 1. The molecule has 0 radical (unpaired) electrons. The van der Waals surface area contributed by atoms with Gasteiger partial charge in [-0.1, -0.05) is 34.1 Å². The highest BCUT2D eigenvalue weighted by Gasteiger charge is 2.52. The van der Waals surface area contributed by atoms with Crippen LogP contribution in [-0.4, -0.2) is 18.6 Å². The summed E-state index contributed by atoms with van der Waals surface area (Å²) in [5.41, 5.74) is 4.39. The van der Waals surface area contributed by atoms with Gasteiger partial charge in [-0.05, 0) is 36.2 Å². The lowest BCUT2D eigenvalue weighted by atomic mass is 9.84. The van der Waals surface area contributed by atoms with Gasteiger partial charge < -0.3 is 9.64 Å². The molecule has 0 aromatic heterocycles. The molecule has 0 spiro atoms. The molecule has 1 aliphatic carbocycles. The minimum Gasteiger partial charge on any atom is -0.364 e. The SMILES string of the molecule is O=C(c1ccccc1)N1CC2CC3OC3c3c(Br)ccc1c32. The molecule has 1 amide bonds. The fourth-order valence-electron chi connectivity index (χ4n) is 3.94. The van der Waals surface area contributed by atoms with Crippen LogP contribution < -0.4 is 4.90 Å². The molecule has 1 fully saturated rings. The van der Waals surface area contributed by atoms with Gasteiger partial charge in [0.1, 0.15) is 6.10 Å². The largest absolute Gasteiger partial charge is 0.364 e. The van der Waals surface area contributed by atoms with Gasteiger partial charge in [0.15, 0.2) is 0 Å². The fraction of sp³-hybridized carbons (Fsp3) is 0.278. The number of rotatable bonds is 1. The third kappa shape index (κ3) is 1.68. The number of hydrogen-bond donors (Lipinski definition) is 0. The van der Waals surface area contributed by atoms with Gasteiger partial charge in [-0.15, -0.1) is 0 Å². The molecule has 2 aromatic carbocycles. The van der Waals surface area contributed by atoms with Crippen molar-refractivity contribution in [2.24, 2.45) is 0 Å². The molecular weight excluding hydrogens is 342 g/mol. The highest BCUT2D eigenvalue weighted by molar-refractivity contribution is 9.10. The lowest BCUT2D eigenvalue weighted by molar-refractivity contribution is 0.0987. The van der Waals surface area contributed by atoms with E-state index in [0.717, 1.165) is 28.7 Å². The topological polar surface area (TPSA) is 32.8 Å². The summed E-state index contributed by atoms with van der Waals surface area (Å²) in [4.78, 5) is 14.8. The molecule has 110 valence electrons. The highest BCUT2D eigenvalue weighted by Crippen LogP contribution is 2.58. The Morgan fingerprint density at radius 1 is 1.14 bits per heavy atom. The van der Waals surface area contributed by atoms with Gasteiger partial charge in [0.05, 0.1) is 6.10 Å². The Kier molecular flexibility index (Phi) is 2.59. The van der Waals surface area contributed by atoms with Crippen molar-refractivity contribution in [3.8, 4) is 0 Å². The maximum Gasteiger partial charge on any atom is 0.258 e. The van der Waals surface area contributed by atoms with Crippen LogP contribution in [0.3, 0.4) is 0 Å². The van der Waals surface area contributed by atoms with E-state index in [1.54, 1.807) is 0 Å². The van der Waals surface area contributed by atoms with Gasteiger partial charge in [-0.2, -0.15) is 0 Å². The van der Waals surface area contributed by atoms with Crippen molar-refractivity contribution in [1.29, 1.82) is 0 Å². The van der Waals surface area contributed by atoms with Gasteiger partial charge in [0.25, 0.3) is 5.91 Å². The summed E-state index contributed by atoms with van der Waals surface area (Å²) in [7, 11) is 0. The Bertz CT molecular complexity index is 789. The zero-order chi connectivity index (χ0) is 14.8. The van der Waals surface area contributed by atoms with E-state index >= 15 is 0 Å². The summed E-state index contributed by atoms with van der Waals surface area (Å²) in [5.74, 6) is 0.494. The Hall–Kier alpha value is -1.65. The number of halogens is 1. The second-order valence-corrected chi connectivity index (χ2v) is 7.06. The molecule has 0 N–H and O–H groups in total. The number of anilines is 1. The molecule has 5 rings (SSSR count). The quantitative estimate of drug-likeness (QED) is 0.723. The van der Waals surface area contributed by atoms with Gasteiger partial charge in [-0.25, -0.2) is 0 Å². The van der Waals surface area contributed by atoms with E-state index in [2.05, 4.69) is 22.0 Å². The number of hydrogen-bond acceptors (Lipinski definition) is 2. The molecule has 3 unspecified atom stereocenters. The van der Waals surface area contributed by atoms with E-state index < -0.39 is 0 Å².